The number of aromatic nitrogens is 2. The zero-order valence-electron chi connectivity index (χ0n) is 7.98. The quantitative estimate of drug-likeness (QED) is 0.747. The second-order valence-electron chi connectivity index (χ2n) is 3.74. The van der Waals surface area contributed by atoms with E-state index in [-0.39, 0.29) is 4.87 Å². The fraction of sp³-hybridized carbons (Fsp3) is 0.273. The van der Waals surface area contributed by atoms with Crippen molar-refractivity contribution >= 4 is 22.9 Å². The molecule has 15 heavy (non-hydrogen) atoms. The Bertz CT molecular complexity index is 476. The summed E-state index contributed by atoms with van der Waals surface area (Å²) in [4.78, 5) is 8.41. The normalized spacial score (nSPS) is 17.7. The van der Waals surface area contributed by atoms with Gasteiger partial charge in [-0.25, -0.2) is 4.98 Å². The number of halogens is 1. The van der Waals surface area contributed by atoms with Crippen LogP contribution >= 0.6 is 22.9 Å². The highest BCUT2D eigenvalue weighted by Crippen LogP contribution is 2.52. The molecule has 0 aliphatic heterocycles. The number of thiazole rings is 1. The average molecular weight is 237 g/mol. The van der Waals surface area contributed by atoms with Crippen molar-refractivity contribution in [3.63, 3.8) is 0 Å². The highest BCUT2D eigenvalue weighted by molar-refractivity contribution is 7.13. The Labute approximate surface area is 97.0 Å². The van der Waals surface area contributed by atoms with Crippen LogP contribution in [0.15, 0.2) is 29.9 Å². The smallest absolute Gasteiger partial charge is 0.123 e. The molecule has 0 unspecified atom stereocenters. The van der Waals surface area contributed by atoms with Gasteiger partial charge in [0, 0.05) is 23.3 Å². The van der Waals surface area contributed by atoms with Gasteiger partial charge >= 0.3 is 0 Å². The number of rotatable bonds is 2. The number of pyridine rings is 1. The Hall–Kier alpha value is -0.930. The lowest BCUT2D eigenvalue weighted by Gasteiger charge is -1.99. The minimum atomic E-state index is -0.151. The highest BCUT2D eigenvalue weighted by Gasteiger charge is 2.44. The highest BCUT2D eigenvalue weighted by atomic mass is 35.5. The maximum atomic E-state index is 6.30. The third-order valence-corrected chi connectivity index (χ3v) is 4.04. The molecule has 0 aromatic carbocycles. The van der Waals surface area contributed by atoms with Gasteiger partial charge in [0.15, 0.2) is 0 Å². The Morgan fingerprint density at radius 2 is 2.00 bits per heavy atom. The molecule has 0 amide bonds. The summed E-state index contributed by atoms with van der Waals surface area (Å²) in [6, 6.07) is 3.94. The standard InChI is InChI=1S/C11H9ClN2S/c12-11(3-4-11)9-7-15-10(14-9)8-1-5-13-6-2-8/h1-2,5-7H,3-4H2. The first-order valence-electron chi connectivity index (χ1n) is 4.83. The Morgan fingerprint density at radius 1 is 1.27 bits per heavy atom. The summed E-state index contributed by atoms with van der Waals surface area (Å²) in [6.45, 7) is 0. The van der Waals surface area contributed by atoms with Crippen LogP contribution in [-0.4, -0.2) is 9.97 Å². The van der Waals surface area contributed by atoms with Gasteiger partial charge in [-0.1, -0.05) is 0 Å². The van der Waals surface area contributed by atoms with Crippen LogP contribution in [0.5, 0.6) is 0 Å². The predicted molar refractivity (Wildman–Crippen MR) is 62.1 cm³/mol. The molecule has 0 saturated heterocycles. The Morgan fingerprint density at radius 3 is 2.67 bits per heavy atom. The topological polar surface area (TPSA) is 25.8 Å². The van der Waals surface area contributed by atoms with Crippen molar-refractivity contribution < 1.29 is 0 Å². The van der Waals surface area contributed by atoms with Crippen molar-refractivity contribution in [2.45, 2.75) is 17.7 Å². The third-order valence-electron chi connectivity index (χ3n) is 2.58. The van der Waals surface area contributed by atoms with Crippen molar-refractivity contribution in [1.82, 2.24) is 9.97 Å². The summed E-state index contributed by atoms with van der Waals surface area (Å²) >= 11 is 7.95. The maximum Gasteiger partial charge on any atom is 0.123 e. The molecule has 76 valence electrons. The van der Waals surface area contributed by atoms with Gasteiger partial charge in [0.1, 0.15) is 5.01 Å². The first kappa shape index (κ1) is 9.31. The third kappa shape index (κ3) is 1.66. The molecular formula is C11H9ClN2S. The molecule has 4 heteroatoms. The minimum Gasteiger partial charge on any atom is -0.265 e. The van der Waals surface area contributed by atoms with E-state index in [2.05, 4.69) is 15.3 Å². The van der Waals surface area contributed by atoms with Crippen LogP contribution in [0, 0.1) is 0 Å². The molecule has 1 saturated carbocycles. The summed E-state index contributed by atoms with van der Waals surface area (Å²) in [5, 5.41) is 3.09. The summed E-state index contributed by atoms with van der Waals surface area (Å²) in [7, 11) is 0. The van der Waals surface area contributed by atoms with Crippen molar-refractivity contribution in [2.75, 3.05) is 0 Å². The molecule has 2 aromatic heterocycles. The lowest BCUT2D eigenvalue weighted by atomic mass is 10.3. The van der Waals surface area contributed by atoms with E-state index in [1.807, 2.05) is 12.1 Å². The second-order valence-corrected chi connectivity index (χ2v) is 5.32. The van der Waals surface area contributed by atoms with Gasteiger partial charge in [0.05, 0.1) is 10.6 Å². The fourth-order valence-electron chi connectivity index (χ4n) is 1.47. The van der Waals surface area contributed by atoms with E-state index >= 15 is 0 Å². The molecule has 0 atom stereocenters. The predicted octanol–water partition coefficient (Wildman–Crippen LogP) is 3.43. The number of hydrogen-bond acceptors (Lipinski definition) is 3. The molecule has 0 bridgehead atoms. The molecule has 2 aromatic rings. The Balaban J connectivity index is 1.97. The van der Waals surface area contributed by atoms with Gasteiger partial charge in [0.25, 0.3) is 0 Å². The molecule has 1 aliphatic rings. The Kier molecular flexibility index (Phi) is 2.04. The van der Waals surface area contributed by atoms with Gasteiger partial charge < -0.3 is 0 Å². The van der Waals surface area contributed by atoms with Crippen LogP contribution in [0.1, 0.15) is 18.5 Å². The first-order chi connectivity index (χ1) is 7.28. The van der Waals surface area contributed by atoms with Crippen LogP contribution < -0.4 is 0 Å². The lowest BCUT2D eigenvalue weighted by Crippen LogP contribution is -1.95. The van der Waals surface area contributed by atoms with Gasteiger partial charge in [-0.15, -0.1) is 22.9 Å². The molecule has 2 nitrogen and oxygen atoms in total. The number of alkyl halides is 1. The van der Waals surface area contributed by atoms with Crippen molar-refractivity contribution in [1.29, 1.82) is 0 Å². The molecule has 0 radical (unpaired) electrons. The van der Waals surface area contributed by atoms with Crippen molar-refractivity contribution in [3.8, 4) is 10.6 Å². The van der Waals surface area contributed by atoms with E-state index in [1.54, 1.807) is 23.7 Å². The van der Waals surface area contributed by atoms with E-state index in [4.69, 9.17) is 11.6 Å². The van der Waals surface area contributed by atoms with E-state index < -0.39 is 0 Å². The fourth-order valence-corrected chi connectivity index (χ4v) is 2.65. The first-order valence-corrected chi connectivity index (χ1v) is 6.09. The monoisotopic (exact) mass is 236 g/mol. The zero-order chi connectivity index (χ0) is 10.3. The summed E-state index contributed by atoms with van der Waals surface area (Å²) in [5.41, 5.74) is 2.14. The number of hydrogen-bond donors (Lipinski definition) is 0. The SMILES string of the molecule is ClC1(c2csc(-c3ccncc3)n2)CC1. The maximum absolute atomic E-state index is 6.30. The minimum absolute atomic E-state index is 0.151. The average Bonchev–Trinajstić information content (AvgIpc) is 2.85. The largest absolute Gasteiger partial charge is 0.265 e. The van der Waals surface area contributed by atoms with Crippen LogP contribution in [0.25, 0.3) is 10.6 Å². The molecular weight excluding hydrogens is 228 g/mol. The van der Waals surface area contributed by atoms with Crippen molar-refractivity contribution in [3.05, 3.63) is 35.6 Å². The number of nitrogens with zero attached hydrogens (tertiary/aromatic N) is 2. The van der Waals surface area contributed by atoms with Crippen LogP contribution in [0.2, 0.25) is 0 Å². The van der Waals surface area contributed by atoms with E-state index in [9.17, 15) is 0 Å². The molecule has 2 heterocycles. The van der Waals surface area contributed by atoms with Gasteiger partial charge in [0.2, 0.25) is 0 Å². The van der Waals surface area contributed by atoms with Gasteiger partial charge in [-0.3, -0.25) is 4.98 Å². The molecule has 0 N–H and O–H groups in total. The molecule has 3 rings (SSSR count). The van der Waals surface area contributed by atoms with Gasteiger partial charge in [-0.2, -0.15) is 0 Å². The van der Waals surface area contributed by atoms with Crippen LogP contribution in [0.4, 0.5) is 0 Å². The molecule has 1 fully saturated rings. The zero-order valence-corrected chi connectivity index (χ0v) is 9.55. The summed E-state index contributed by atoms with van der Waals surface area (Å²) in [6.07, 6.45) is 5.66. The van der Waals surface area contributed by atoms with Crippen LogP contribution in [0.3, 0.4) is 0 Å². The van der Waals surface area contributed by atoms with Crippen LogP contribution in [-0.2, 0) is 4.87 Å². The summed E-state index contributed by atoms with van der Waals surface area (Å²) in [5.74, 6) is 0. The van der Waals surface area contributed by atoms with Crippen molar-refractivity contribution in [2.24, 2.45) is 0 Å². The molecule has 0 spiro atoms. The van der Waals surface area contributed by atoms with E-state index in [0.29, 0.717) is 0 Å². The molecule has 1 aliphatic carbocycles. The summed E-state index contributed by atoms with van der Waals surface area (Å²) < 4.78 is 0. The second kappa shape index (κ2) is 3.29. The van der Waals surface area contributed by atoms with E-state index in [1.165, 1.54) is 0 Å². The van der Waals surface area contributed by atoms with Gasteiger partial charge in [-0.05, 0) is 25.0 Å². The van der Waals surface area contributed by atoms with E-state index in [0.717, 1.165) is 29.1 Å². The lowest BCUT2D eigenvalue weighted by molar-refractivity contribution is 0.958.